The van der Waals surface area contributed by atoms with Crippen molar-refractivity contribution in [2.45, 2.75) is 45.0 Å². The Balaban J connectivity index is 2.22. The SMILES string of the molecule is CCCNC(=O)C(CC)N(Cc1c(Cl)cccc1Cl)C(=O)CSCc1c(F)cccc1Cl. The van der Waals surface area contributed by atoms with Crippen molar-refractivity contribution >= 4 is 58.4 Å². The molecule has 4 nitrogen and oxygen atoms in total. The molecule has 32 heavy (non-hydrogen) atoms. The fourth-order valence-corrected chi connectivity index (χ4v) is 4.90. The Morgan fingerprint density at radius 1 is 1.03 bits per heavy atom. The van der Waals surface area contributed by atoms with Gasteiger partial charge in [-0.05, 0) is 37.1 Å². The molecule has 2 aromatic carbocycles. The third-order valence-corrected chi connectivity index (χ3v) is 6.87. The van der Waals surface area contributed by atoms with Crippen molar-refractivity contribution in [3.63, 3.8) is 0 Å². The highest BCUT2D eigenvalue weighted by molar-refractivity contribution is 7.99. The van der Waals surface area contributed by atoms with Crippen molar-refractivity contribution in [2.75, 3.05) is 12.3 Å². The van der Waals surface area contributed by atoms with E-state index in [1.54, 1.807) is 24.3 Å². The molecule has 2 rings (SSSR count). The van der Waals surface area contributed by atoms with Crippen LogP contribution in [0.4, 0.5) is 4.39 Å². The maximum absolute atomic E-state index is 14.0. The molecule has 0 saturated carbocycles. The first kappa shape index (κ1) is 26.8. The molecule has 0 aromatic heterocycles. The number of halogens is 4. The third kappa shape index (κ3) is 7.27. The van der Waals surface area contributed by atoms with Crippen molar-refractivity contribution < 1.29 is 14.0 Å². The smallest absolute Gasteiger partial charge is 0.242 e. The number of nitrogens with one attached hydrogen (secondary N) is 1. The summed E-state index contributed by atoms with van der Waals surface area (Å²) in [4.78, 5) is 27.5. The topological polar surface area (TPSA) is 49.4 Å². The lowest BCUT2D eigenvalue weighted by atomic mass is 10.1. The molecule has 0 spiro atoms. The molecule has 2 amide bonds. The van der Waals surface area contributed by atoms with Gasteiger partial charge < -0.3 is 10.2 Å². The Hall–Kier alpha value is -1.47. The summed E-state index contributed by atoms with van der Waals surface area (Å²) in [5.41, 5.74) is 0.925. The number of carbonyl (C=O) groups is 2. The highest BCUT2D eigenvalue weighted by atomic mass is 35.5. The number of nitrogens with zero attached hydrogens (tertiary/aromatic N) is 1. The molecule has 9 heteroatoms. The van der Waals surface area contributed by atoms with Crippen LogP contribution in [-0.4, -0.2) is 35.1 Å². The normalized spacial score (nSPS) is 11.8. The van der Waals surface area contributed by atoms with Crippen LogP contribution in [0.2, 0.25) is 15.1 Å². The fraction of sp³-hybridized carbons (Fsp3) is 0.391. The minimum absolute atomic E-state index is 0.0459. The van der Waals surface area contributed by atoms with Crippen molar-refractivity contribution in [3.05, 3.63) is 68.4 Å². The monoisotopic (exact) mass is 518 g/mol. The van der Waals surface area contributed by atoms with Gasteiger partial charge in [0, 0.05) is 45.0 Å². The molecular formula is C23H26Cl3FN2O2S. The van der Waals surface area contributed by atoms with E-state index in [0.29, 0.717) is 39.2 Å². The Labute approximate surface area is 207 Å². The summed E-state index contributed by atoms with van der Waals surface area (Å²) in [6.07, 6.45) is 1.21. The first-order valence-electron chi connectivity index (χ1n) is 10.3. The fourth-order valence-electron chi connectivity index (χ4n) is 3.13. The van der Waals surface area contributed by atoms with Crippen LogP contribution in [0.5, 0.6) is 0 Å². The quantitative estimate of drug-likeness (QED) is 0.376. The van der Waals surface area contributed by atoms with E-state index in [1.165, 1.54) is 28.8 Å². The predicted octanol–water partition coefficient (Wildman–Crippen LogP) is 6.35. The summed E-state index contributed by atoms with van der Waals surface area (Å²) in [5, 5.41) is 4.02. The van der Waals surface area contributed by atoms with Crippen molar-refractivity contribution in [2.24, 2.45) is 0 Å². The van der Waals surface area contributed by atoms with Crippen LogP contribution in [0.1, 0.15) is 37.8 Å². The van der Waals surface area contributed by atoms with Gasteiger partial charge in [0.15, 0.2) is 0 Å². The van der Waals surface area contributed by atoms with Crippen LogP contribution in [0, 0.1) is 5.82 Å². The van der Waals surface area contributed by atoms with Crippen LogP contribution in [0.25, 0.3) is 0 Å². The molecule has 0 aliphatic rings. The van der Waals surface area contributed by atoms with Gasteiger partial charge in [-0.15, -0.1) is 11.8 Å². The summed E-state index contributed by atoms with van der Waals surface area (Å²) in [6.45, 7) is 4.41. The van der Waals surface area contributed by atoms with E-state index in [4.69, 9.17) is 34.8 Å². The molecule has 0 bridgehead atoms. The largest absolute Gasteiger partial charge is 0.354 e. The summed E-state index contributed by atoms with van der Waals surface area (Å²) < 4.78 is 14.0. The van der Waals surface area contributed by atoms with Crippen molar-refractivity contribution in [3.8, 4) is 0 Å². The summed E-state index contributed by atoms with van der Waals surface area (Å²) in [6, 6.07) is 8.90. The molecule has 0 aliphatic carbocycles. The van der Waals surface area contributed by atoms with Gasteiger partial charge in [-0.2, -0.15) is 0 Å². The van der Waals surface area contributed by atoms with Crippen molar-refractivity contribution in [1.82, 2.24) is 10.2 Å². The van der Waals surface area contributed by atoms with Crippen molar-refractivity contribution in [1.29, 1.82) is 0 Å². The standard InChI is InChI=1S/C23H26Cl3FN2O2S/c1-3-11-28-23(31)21(4-2)29(12-15-17(24)7-5-8-18(15)25)22(30)14-32-13-16-19(26)9-6-10-20(16)27/h5-10,21H,3-4,11-14H2,1-2H3,(H,28,31). The van der Waals surface area contributed by atoms with E-state index < -0.39 is 11.9 Å². The van der Waals surface area contributed by atoms with E-state index in [2.05, 4.69) is 5.32 Å². The van der Waals surface area contributed by atoms with Gasteiger partial charge in [0.25, 0.3) is 0 Å². The zero-order valence-corrected chi connectivity index (χ0v) is 21.1. The number of amides is 2. The number of hydrogen-bond donors (Lipinski definition) is 1. The highest BCUT2D eigenvalue weighted by Gasteiger charge is 2.29. The van der Waals surface area contributed by atoms with Gasteiger partial charge in [-0.3, -0.25) is 9.59 Å². The highest BCUT2D eigenvalue weighted by Crippen LogP contribution is 2.28. The lowest BCUT2D eigenvalue weighted by Gasteiger charge is -2.31. The molecular weight excluding hydrogens is 494 g/mol. The van der Waals surface area contributed by atoms with Crippen LogP contribution in [0.15, 0.2) is 36.4 Å². The van der Waals surface area contributed by atoms with Crippen LogP contribution in [0.3, 0.4) is 0 Å². The lowest BCUT2D eigenvalue weighted by molar-refractivity contribution is -0.139. The van der Waals surface area contributed by atoms with Crippen LogP contribution in [-0.2, 0) is 21.9 Å². The van der Waals surface area contributed by atoms with Gasteiger partial charge in [0.2, 0.25) is 11.8 Å². The van der Waals surface area contributed by atoms with E-state index in [-0.39, 0.29) is 29.9 Å². The molecule has 1 atom stereocenters. The average Bonchev–Trinajstić information content (AvgIpc) is 2.76. The predicted molar refractivity (Wildman–Crippen MR) is 132 cm³/mol. The number of thioether (sulfide) groups is 1. The second-order valence-electron chi connectivity index (χ2n) is 7.13. The van der Waals surface area contributed by atoms with Gasteiger partial charge in [-0.25, -0.2) is 4.39 Å². The van der Waals surface area contributed by atoms with E-state index in [9.17, 15) is 14.0 Å². The number of benzene rings is 2. The number of hydrogen-bond acceptors (Lipinski definition) is 3. The molecule has 0 saturated heterocycles. The first-order valence-corrected chi connectivity index (χ1v) is 12.6. The maximum atomic E-state index is 14.0. The second-order valence-corrected chi connectivity index (χ2v) is 9.34. The zero-order valence-electron chi connectivity index (χ0n) is 18.0. The number of carbonyl (C=O) groups excluding carboxylic acids is 2. The molecule has 1 N–H and O–H groups in total. The molecule has 1 unspecified atom stereocenters. The minimum Gasteiger partial charge on any atom is -0.354 e. The lowest BCUT2D eigenvalue weighted by Crippen LogP contribution is -2.49. The Morgan fingerprint density at radius 3 is 2.19 bits per heavy atom. The molecule has 0 aliphatic heterocycles. The van der Waals surface area contributed by atoms with E-state index in [1.807, 2.05) is 13.8 Å². The molecule has 174 valence electrons. The minimum atomic E-state index is -0.681. The van der Waals surface area contributed by atoms with Crippen LogP contribution >= 0.6 is 46.6 Å². The Bertz CT molecular complexity index is 905. The second kappa shape index (κ2) is 13.3. The molecule has 0 fully saturated rings. The van der Waals surface area contributed by atoms with E-state index >= 15 is 0 Å². The summed E-state index contributed by atoms with van der Waals surface area (Å²) in [5.74, 6) is -0.631. The summed E-state index contributed by atoms with van der Waals surface area (Å²) >= 11 is 20.0. The molecule has 0 radical (unpaired) electrons. The molecule has 0 heterocycles. The zero-order chi connectivity index (χ0) is 23.7. The van der Waals surface area contributed by atoms with Gasteiger partial charge in [0.1, 0.15) is 11.9 Å². The molecule has 2 aromatic rings. The third-order valence-electron chi connectivity index (χ3n) is 4.86. The summed E-state index contributed by atoms with van der Waals surface area (Å²) in [7, 11) is 0. The van der Waals surface area contributed by atoms with Gasteiger partial charge in [-0.1, -0.05) is 60.8 Å². The average molecular weight is 520 g/mol. The number of rotatable bonds is 11. The van der Waals surface area contributed by atoms with Crippen LogP contribution < -0.4 is 5.32 Å². The Morgan fingerprint density at radius 2 is 1.62 bits per heavy atom. The van der Waals surface area contributed by atoms with Gasteiger partial charge in [0.05, 0.1) is 5.75 Å². The first-order chi connectivity index (χ1) is 15.3. The maximum Gasteiger partial charge on any atom is 0.242 e. The van der Waals surface area contributed by atoms with E-state index in [0.717, 1.165) is 6.42 Å². The van der Waals surface area contributed by atoms with Gasteiger partial charge >= 0.3 is 0 Å². The Kier molecular flexibility index (Phi) is 11.1.